The lowest BCUT2D eigenvalue weighted by atomic mass is 10.00. The minimum Gasteiger partial charge on any atom is -0.474 e. The quantitative estimate of drug-likeness (QED) is 0.859. The summed E-state index contributed by atoms with van der Waals surface area (Å²) in [7, 11) is 0. The number of ether oxygens (including phenoxy) is 1. The summed E-state index contributed by atoms with van der Waals surface area (Å²) in [5.74, 6) is 1.25. The van der Waals surface area contributed by atoms with Gasteiger partial charge in [0.1, 0.15) is 6.61 Å². The van der Waals surface area contributed by atoms with Crippen LogP contribution in [0.1, 0.15) is 25.3 Å². The fourth-order valence-corrected chi connectivity index (χ4v) is 2.41. The average Bonchev–Trinajstić information content (AvgIpc) is 2.80. The molecule has 0 radical (unpaired) electrons. The maximum Gasteiger partial charge on any atom is 0.258 e. The molecule has 0 saturated heterocycles. The summed E-state index contributed by atoms with van der Waals surface area (Å²) in [5.41, 5.74) is 7.06. The molecule has 0 saturated carbocycles. The Labute approximate surface area is 139 Å². The molecule has 4 nitrogen and oxygen atoms in total. The lowest BCUT2D eigenvalue weighted by Crippen LogP contribution is -2.11. The fourth-order valence-electron chi connectivity index (χ4n) is 1.92. The van der Waals surface area contributed by atoms with Gasteiger partial charge in [-0.05, 0) is 29.3 Å². The van der Waals surface area contributed by atoms with Gasteiger partial charge in [-0.3, -0.25) is 0 Å². The van der Waals surface area contributed by atoms with Gasteiger partial charge in [0.2, 0.25) is 0 Å². The van der Waals surface area contributed by atoms with Crippen LogP contribution in [0.15, 0.2) is 22.7 Å². The molecule has 0 amide bonds. The van der Waals surface area contributed by atoms with Crippen molar-refractivity contribution in [1.82, 2.24) is 5.16 Å². The van der Waals surface area contributed by atoms with Gasteiger partial charge in [-0.15, -0.1) is 12.4 Å². The van der Waals surface area contributed by atoms with E-state index in [0.29, 0.717) is 34.8 Å². The second-order valence-corrected chi connectivity index (χ2v) is 5.49. The van der Waals surface area contributed by atoms with Crippen LogP contribution in [0.25, 0.3) is 11.3 Å². The van der Waals surface area contributed by atoms with E-state index in [1.807, 2.05) is 19.9 Å². The van der Waals surface area contributed by atoms with Gasteiger partial charge in [0.25, 0.3) is 5.88 Å². The first-order valence-corrected chi connectivity index (χ1v) is 7.08. The third-order valence-corrected chi connectivity index (χ3v) is 3.35. The first-order valence-electron chi connectivity index (χ1n) is 6.32. The summed E-state index contributed by atoms with van der Waals surface area (Å²) in [6.07, 6.45) is 0. The number of aromatic nitrogens is 1. The predicted octanol–water partition coefficient (Wildman–Crippen LogP) is 4.53. The summed E-state index contributed by atoms with van der Waals surface area (Å²) >= 11 is 12.1. The fraction of sp³-hybridized carbons (Fsp3) is 0.357. The third-order valence-electron chi connectivity index (χ3n) is 2.80. The maximum atomic E-state index is 6.22. The van der Waals surface area contributed by atoms with Crippen molar-refractivity contribution in [3.63, 3.8) is 0 Å². The van der Waals surface area contributed by atoms with E-state index in [0.717, 1.165) is 11.1 Å². The summed E-state index contributed by atoms with van der Waals surface area (Å²) in [6.45, 7) is 4.88. The van der Waals surface area contributed by atoms with E-state index in [4.69, 9.17) is 38.2 Å². The molecule has 0 atom stereocenters. The van der Waals surface area contributed by atoms with Crippen molar-refractivity contribution in [3.8, 4) is 17.2 Å². The Hall–Kier alpha value is -0.940. The number of nitrogens with two attached hydrogens (primary N) is 1. The lowest BCUT2D eigenvalue weighted by Gasteiger charge is -2.09. The monoisotopic (exact) mass is 350 g/mol. The average molecular weight is 352 g/mol. The second kappa shape index (κ2) is 7.90. The van der Waals surface area contributed by atoms with Crippen molar-refractivity contribution < 1.29 is 9.26 Å². The molecule has 0 bridgehead atoms. The van der Waals surface area contributed by atoms with Crippen LogP contribution in [0.5, 0.6) is 5.88 Å². The highest BCUT2D eigenvalue weighted by molar-refractivity contribution is 6.36. The van der Waals surface area contributed by atoms with Gasteiger partial charge in [0, 0.05) is 17.1 Å². The highest BCUT2D eigenvalue weighted by Crippen LogP contribution is 2.39. The van der Waals surface area contributed by atoms with Crippen molar-refractivity contribution >= 4 is 35.6 Å². The molecule has 2 aromatic rings. The van der Waals surface area contributed by atoms with Crippen LogP contribution >= 0.6 is 35.6 Å². The molecule has 0 fully saturated rings. The number of benzene rings is 1. The number of nitrogens with zero attached hydrogens (tertiary/aromatic N) is 1. The molecule has 0 spiro atoms. The number of hydrogen-bond acceptors (Lipinski definition) is 4. The molecule has 0 aliphatic heterocycles. The van der Waals surface area contributed by atoms with E-state index in [-0.39, 0.29) is 18.3 Å². The van der Waals surface area contributed by atoms with E-state index in [2.05, 4.69) is 5.16 Å². The van der Waals surface area contributed by atoms with Crippen LogP contribution in [-0.4, -0.2) is 18.3 Å². The van der Waals surface area contributed by atoms with Gasteiger partial charge >= 0.3 is 0 Å². The number of rotatable bonds is 5. The molecule has 1 aromatic carbocycles. The molecule has 116 valence electrons. The Morgan fingerprint density at radius 1 is 1.33 bits per heavy atom. The maximum absolute atomic E-state index is 6.22. The molecule has 1 aromatic heterocycles. The summed E-state index contributed by atoms with van der Waals surface area (Å²) in [6, 6.07) is 5.24. The van der Waals surface area contributed by atoms with Gasteiger partial charge < -0.3 is 15.0 Å². The molecular formula is C14H17Cl3N2O2. The summed E-state index contributed by atoms with van der Waals surface area (Å²) in [4.78, 5) is 0. The first-order chi connectivity index (χ1) is 9.54. The SMILES string of the molecule is CC(C)c1c(OCCN)noc1-c1ccc(Cl)cc1Cl.Cl. The Morgan fingerprint density at radius 3 is 2.62 bits per heavy atom. The zero-order chi connectivity index (χ0) is 14.7. The smallest absolute Gasteiger partial charge is 0.258 e. The topological polar surface area (TPSA) is 61.3 Å². The number of hydrogen-bond donors (Lipinski definition) is 1. The number of halogens is 3. The summed E-state index contributed by atoms with van der Waals surface area (Å²) in [5, 5.41) is 5.06. The van der Waals surface area contributed by atoms with Crippen molar-refractivity contribution in [3.05, 3.63) is 33.8 Å². The van der Waals surface area contributed by atoms with Crippen LogP contribution < -0.4 is 10.5 Å². The van der Waals surface area contributed by atoms with Gasteiger partial charge in [-0.25, -0.2) is 0 Å². The minimum absolute atomic E-state index is 0. The van der Waals surface area contributed by atoms with E-state index in [1.54, 1.807) is 12.1 Å². The highest BCUT2D eigenvalue weighted by atomic mass is 35.5. The molecular weight excluding hydrogens is 335 g/mol. The van der Waals surface area contributed by atoms with E-state index >= 15 is 0 Å². The molecule has 7 heteroatoms. The summed E-state index contributed by atoms with van der Waals surface area (Å²) < 4.78 is 10.9. The minimum atomic E-state index is 0. The van der Waals surface area contributed by atoms with Crippen LogP contribution in [0.2, 0.25) is 10.0 Å². The van der Waals surface area contributed by atoms with Crippen molar-refractivity contribution in [1.29, 1.82) is 0 Å². The third kappa shape index (κ3) is 4.04. The normalized spacial score (nSPS) is 10.6. The molecule has 2 rings (SSSR count). The Bertz CT molecular complexity index is 600. The first kappa shape index (κ1) is 18.1. The molecule has 2 N–H and O–H groups in total. The van der Waals surface area contributed by atoms with Gasteiger partial charge in [0.15, 0.2) is 5.76 Å². The van der Waals surface area contributed by atoms with Gasteiger partial charge in [0.05, 0.1) is 10.6 Å². The zero-order valence-electron chi connectivity index (χ0n) is 11.7. The zero-order valence-corrected chi connectivity index (χ0v) is 14.1. The van der Waals surface area contributed by atoms with Crippen molar-refractivity contribution in [2.24, 2.45) is 5.73 Å². The predicted molar refractivity (Wildman–Crippen MR) is 87.8 cm³/mol. The second-order valence-electron chi connectivity index (χ2n) is 4.65. The largest absolute Gasteiger partial charge is 0.474 e. The van der Waals surface area contributed by atoms with Crippen LogP contribution in [-0.2, 0) is 0 Å². The van der Waals surface area contributed by atoms with Crippen molar-refractivity contribution in [2.45, 2.75) is 19.8 Å². The molecule has 0 aliphatic rings. The molecule has 0 aliphatic carbocycles. The van der Waals surface area contributed by atoms with E-state index in [1.165, 1.54) is 0 Å². The Kier molecular flexibility index (Phi) is 6.81. The van der Waals surface area contributed by atoms with Gasteiger partial charge in [-0.2, -0.15) is 0 Å². The van der Waals surface area contributed by atoms with Crippen LogP contribution in [0.4, 0.5) is 0 Å². The molecule has 1 heterocycles. The van der Waals surface area contributed by atoms with Crippen LogP contribution in [0, 0.1) is 0 Å². The highest BCUT2D eigenvalue weighted by Gasteiger charge is 2.23. The Balaban J connectivity index is 0.00000220. The molecule has 21 heavy (non-hydrogen) atoms. The standard InChI is InChI=1S/C14H16Cl2N2O2.ClH/c1-8(2)12-13(20-18-14(12)19-6-5-17)10-4-3-9(15)7-11(10)16;/h3-4,7-8H,5-6,17H2,1-2H3;1H. The van der Waals surface area contributed by atoms with Crippen LogP contribution in [0.3, 0.4) is 0 Å². The van der Waals surface area contributed by atoms with E-state index in [9.17, 15) is 0 Å². The van der Waals surface area contributed by atoms with Gasteiger partial charge in [-0.1, -0.05) is 37.0 Å². The van der Waals surface area contributed by atoms with E-state index < -0.39 is 0 Å². The molecule has 0 unspecified atom stereocenters. The lowest BCUT2D eigenvalue weighted by molar-refractivity contribution is 0.286. The Morgan fingerprint density at radius 2 is 2.05 bits per heavy atom. The van der Waals surface area contributed by atoms with Crippen molar-refractivity contribution in [2.75, 3.05) is 13.2 Å².